The molecular formula is C28H44O. The lowest BCUT2D eigenvalue weighted by molar-refractivity contribution is -0.128. The van der Waals surface area contributed by atoms with E-state index in [0.717, 1.165) is 48.9 Å². The molecule has 162 valence electrons. The maximum atomic E-state index is 12.1. The van der Waals surface area contributed by atoms with E-state index >= 15 is 0 Å². The molecule has 2 unspecified atom stereocenters. The lowest BCUT2D eigenvalue weighted by Gasteiger charge is -2.58. The maximum absolute atomic E-state index is 12.1. The molecule has 1 heteroatoms. The molecule has 0 saturated heterocycles. The first-order chi connectivity index (χ1) is 13.8. The van der Waals surface area contributed by atoms with Crippen molar-refractivity contribution in [1.29, 1.82) is 0 Å². The molecular weight excluding hydrogens is 352 g/mol. The van der Waals surface area contributed by atoms with Gasteiger partial charge in [-0.3, -0.25) is 4.79 Å². The fourth-order valence-corrected chi connectivity index (χ4v) is 8.37. The molecule has 0 aliphatic heterocycles. The van der Waals surface area contributed by atoms with Crippen LogP contribution in [0.2, 0.25) is 0 Å². The van der Waals surface area contributed by atoms with E-state index in [1.165, 1.54) is 38.5 Å². The maximum Gasteiger partial charge on any atom is 0.133 e. The Labute approximate surface area is 179 Å². The zero-order valence-electron chi connectivity index (χ0n) is 19.6. The number of allylic oxidation sites excluding steroid dienone is 4. The molecule has 0 bridgehead atoms. The molecule has 3 fully saturated rings. The van der Waals surface area contributed by atoms with E-state index in [2.05, 4.69) is 58.9 Å². The van der Waals surface area contributed by atoms with Crippen molar-refractivity contribution in [3.05, 3.63) is 24.3 Å². The summed E-state index contributed by atoms with van der Waals surface area (Å²) in [6.07, 6.45) is 21.1. The largest absolute Gasteiger partial charge is 0.300 e. The minimum atomic E-state index is 0.369. The summed E-state index contributed by atoms with van der Waals surface area (Å²) in [6.45, 7) is 12.3. The van der Waals surface area contributed by atoms with Gasteiger partial charge in [-0.25, -0.2) is 0 Å². The SMILES string of the molecule is CCC[C@@H](C)/C=C/[C@@H](C)[C@H]1CC[C@H]2C3C=CC4CC(=O)CC[C@]4(C)[C@H]3CC[C@]12C. The number of fused-ring (bicyclic) bond motifs is 5. The average molecular weight is 397 g/mol. The predicted octanol–water partition coefficient (Wildman–Crippen LogP) is 7.62. The second kappa shape index (κ2) is 8.01. The first kappa shape index (κ1) is 21.4. The van der Waals surface area contributed by atoms with E-state index < -0.39 is 0 Å². The summed E-state index contributed by atoms with van der Waals surface area (Å²) in [5.74, 6) is 5.66. The first-order valence-electron chi connectivity index (χ1n) is 12.7. The van der Waals surface area contributed by atoms with Crippen LogP contribution < -0.4 is 0 Å². The van der Waals surface area contributed by atoms with Crippen molar-refractivity contribution >= 4 is 5.78 Å². The Bertz CT molecular complexity index is 674. The summed E-state index contributed by atoms with van der Waals surface area (Å²) < 4.78 is 0. The number of rotatable bonds is 5. The number of hydrogen-bond acceptors (Lipinski definition) is 1. The Morgan fingerprint density at radius 3 is 2.55 bits per heavy atom. The molecule has 1 nitrogen and oxygen atoms in total. The molecule has 29 heavy (non-hydrogen) atoms. The monoisotopic (exact) mass is 396 g/mol. The van der Waals surface area contributed by atoms with Gasteiger partial charge in [-0.05, 0) is 90.8 Å². The van der Waals surface area contributed by atoms with Crippen LogP contribution in [0.5, 0.6) is 0 Å². The lowest BCUT2D eigenvalue weighted by Crippen LogP contribution is -2.52. The van der Waals surface area contributed by atoms with E-state index in [4.69, 9.17) is 0 Å². The van der Waals surface area contributed by atoms with Crippen LogP contribution in [0, 0.1) is 52.3 Å². The first-order valence-corrected chi connectivity index (χ1v) is 12.7. The molecule has 0 aromatic rings. The second-order valence-corrected chi connectivity index (χ2v) is 11.8. The van der Waals surface area contributed by atoms with Gasteiger partial charge in [0.25, 0.3) is 0 Å². The Kier molecular flexibility index (Phi) is 5.91. The van der Waals surface area contributed by atoms with Gasteiger partial charge in [0.15, 0.2) is 0 Å². The van der Waals surface area contributed by atoms with E-state index in [0.29, 0.717) is 28.4 Å². The van der Waals surface area contributed by atoms with Crippen molar-refractivity contribution < 1.29 is 4.79 Å². The Morgan fingerprint density at radius 2 is 1.79 bits per heavy atom. The number of carbonyl (C=O) groups is 1. The molecule has 0 amide bonds. The summed E-state index contributed by atoms with van der Waals surface area (Å²) in [6, 6.07) is 0. The van der Waals surface area contributed by atoms with E-state index in [1.807, 2.05) is 0 Å². The third kappa shape index (κ3) is 3.59. The third-order valence-electron chi connectivity index (χ3n) is 10.2. The highest BCUT2D eigenvalue weighted by atomic mass is 16.1. The third-order valence-corrected chi connectivity index (χ3v) is 10.2. The van der Waals surface area contributed by atoms with Crippen LogP contribution in [0.15, 0.2) is 24.3 Å². The molecule has 0 radical (unpaired) electrons. The van der Waals surface area contributed by atoms with Gasteiger partial charge in [0.05, 0.1) is 0 Å². The zero-order valence-corrected chi connectivity index (χ0v) is 19.6. The number of carbonyl (C=O) groups excluding carboxylic acids is 1. The molecule has 0 aromatic heterocycles. The molecule has 0 aromatic carbocycles. The minimum Gasteiger partial charge on any atom is -0.300 e. The predicted molar refractivity (Wildman–Crippen MR) is 123 cm³/mol. The van der Waals surface area contributed by atoms with Crippen LogP contribution in [0.3, 0.4) is 0 Å². The van der Waals surface area contributed by atoms with Crippen molar-refractivity contribution in [2.24, 2.45) is 52.3 Å². The van der Waals surface area contributed by atoms with Gasteiger partial charge in [-0.2, -0.15) is 0 Å². The highest BCUT2D eigenvalue weighted by Crippen LogP contribution is 2.66. The summed E-state index contributed by atoms with van der Waals surface area (Å²) in [5, 5.41) is 0. The molecule has 4 aliphatic carbocycles. The molecule has 0 heterocycles. The van der Waals surface area contributed by atoms with Gasteiger partial charge in [-0.15, -0.1) is 0 Å². The molecule has 0 spiro atoms. The highest BCUT2D eigenvalue weighted by Gasteiger charge is 2.59. The quantitative estimate of drug-likeness (QED) is 0.437. The number of Topliss-reactive ketones (excluding diaryl/α,β-unsaturated/α-hetero) is 1. The summed E-state index contributed by atoms with van der Waals surface area (Å²) in [4.78, 5) is 12.1. The molecule has 0 N–H and O–H groups in total. The van der Waals surface area contributed by atoms with Crippen molar-refractivity contribution in [3.63, 3.8) is 0 Å². The van der Waals surface area contributed by atoms with Crippen LogP contribution in [0.25, 0.3) is 0 Å². The van der Waals surface area contributed by atoms with E-state index in [1.54, 1.807) is 0 Å². The molecule has 3 saturated carbocycles. The summed E-state index contributed by atoms with van der Waals surface area (Å²) in [5.41, 5.74) is 0.866. The van der Waals surface area contributed by atoms with Gasteiger partial charge in [0.1, 0.15) is 5.78 Å². The second-order valence-electron chi connectivity index (χ2n) is 11.8. The fourth-order valence-electron chi connectivity index (χ4n) is 8.37. The topological polar surface area (TPSA) is 17.1 Å². The van der Waals surface area contributed by atoms with Crippen molar-refractivity contribution in [1.82, 2.24) is 0 Å². The average Bonchev–Trinajstić information content (AvgIpc) is 3.04. The summed E-state index contributed by atoms with van der Waals surface area (Å²) >= 11 is 0. The number of hydrogen-bond donors (Lipinski definition) is 0. The molecule has 4 aliphatic rings. The zero-order chi connectivity index (χ0) is 20.8. The van der Waals surface area contributed by atoms with Gasteiger partial charge in [0, 0.05) is 12.8 Å². The van der Waals surface area contributed by atoms with Crippen LogP contribution in [-0.2, 0) is 4.79 Å². The molecule has 9 atom stereocenters. The van der Waals surface area contributed by atoms with E-state index in [9.17, 15) is 4.79 Å². The van der Waals surface area contributed by atoms with Crippen LogP contribution in [0.4, 0.5) is 0 Å². The van der Waals surface area contributed by atoms with Crippen molar-refractivity contribution in [2.75, 3.05) is 0 Å². The molecule has 4 rings (SSSR count). The Morgan fingerprint density at radius 1 is 1.03 bits per heavy atom. The smallest absolute Gasteiger partial charge is 0.133 e. The van der Waals surface area contributed by atoms with Gasteiger partial charge in [0.2, 0.25) is 0 Å². The fraction of sp³-hybridized carbons (Fsp3) is 0.821. The normalized spacial score (nSPS) is 46.2. The van der Waals surface area contributed by atoms with Crippen molar-refractivity contribution in [2.45, 2.75) is 92.4 Å². The Balaban J connectivity index is 1.52. The van der Waals surface area contributed by atoms with Crippen LogP contribution >= 0.6 is 0 Å². The highest BCUT2D eigenvalue weighted by molar-refractivity contribution is 5.80. The van der Waals surface area contributed by atoms with Crippen molar-refractivity contribution in [3.8, 4) is 0 Å². The standard InChI is InChI=1S/C28H44O/c1-6-7-19(2)8-9-20(3)24-12-13-25-23-11-10-21-18-22(29)14-16-27(21,4)26(23)15-17-28(24,25)5/h8-11,19-21,23-26H,6-7,12-18H2,1-5H3/b9-8+/t19-,20-,21?,23?,24-,25+,26+,27+,28-/m1/s1. The van der Waals surface area contributed by atoms with E-state index in [-0.39, 0.29) is 0 Å². The van der Waals surface area contributed by atoms with Crippen LogP contribution in [-0.4, -0.2) is 5.78 Å². The number of ketones is 1. The van der Waals surface area contributed by atoms with Gasteiger partial charge < -0.3 is 0 Å². The van der Waals surface area contributed by atoms with Crippen LogP contribution in [0.1, 0.15) is 92.4 Å². The van der Waals surface area contributed by atoms with Gasteiger partial charge >= 0.3 is 0 Å². The summed E-state index contributed by atoms with van der Waals surface area (Å²) in [7, 11) is 0. The minimum absolute atomic E-state index is 0.369. The Hall–Kier alpha value is -0.850. The lowest BCUT2D eigenvalue weighted by atomic mass is 9.46. The van der Waals surface area contributed by atoms with Gasteiger partial charge in [-0.1, -0.05) is 65.3 Å².